The van der Waals surface area contributed by atoms with Crippen LogP contribution >= 0.6 is 0 Å². The first-order valence-electron chi connectivity index (χ1n) is 6.52. The minimum atomic E-state index is 0.275. The highest BCUT2D eigenvalue weighted by Gasteiger charge is 2.13. The standard InChI is InChI=1S/C12H28N4O/c1-5-11(8-12(13)15-17)14-10(4)9-16(6-2)7-3/h10-11,14,17H,5-9H2,1-4H3,(H2,13,15). The van der Waals surface area contributed by atoms with Gasteiger partial charge in [0.2, 0.25) is 0 Å². The molecule has 0 aromatic heterocycles. The first kappa shape index (κ1) is 16.2. The lowest BCUT2D eigenvalue weighted by Crippen LogP contribution is -2.45. The molecule has 0 aliphatic heterocycles. The molecule has 0 radical (unpaired) electrons. The number of rotatable bonds is 9. The first-order valence-corrected chi connectivity index (χ1v) is 6.52. The number of nitrogens with zero attached hydrogens (tertiary/aromatic N) is 2. The summed E-state index contributed by atoms with van der Waals surface area (Å²) in [5, 5.41) is 15.1. The second-order valence-electron chi connectivity index (χ2n) is 4.45. The van der Waals surface area contributed by atoms with E-state index < -0.39 is 0 Å². The molecule has 0 saturated carbocycles. The van der Waals surface area contributed by atoms with Gasteiger partial charge in [-0.25, -0.2) is 0 Å². The number of nitrogens with one attached hydrogen (secondary N) is 1. The topological polar surface area (TPSA) is 73.9 Å². The molecule has 4 N–H and O–H groups in total. The molecular formula is C12H28N4O. The molecule has 0 aliphatic carbocycles. The van der Waals surface area contributed by atoms with Crippen molar-refractivity contribution in [2.75, 3.05) is 19.6 Å². The Kier molecular flexibility index (Phi) is 8.80. The van der Waals surface area contributed by atoms with Gasteiger partial charge in [-0.05, 0) is 26.4 Å². The third kappa shape index (κ3) is 7.18. The Labute approximate surface area is 105 Å². The molecule has 0 saturated heterocycles. The van der Waals surface area contributed by atoms with Crippen LogP contribution in [0.2, 0.25) is 0 Å². The van der Waals surface area contributed by atoms with Gasteiger partial charge in [0, 0.05) is 25.0 Å². The lowest BCUT2D eigenvalue weighted by atomic mass is 10.1. The van der Waals surface area contributed by atoms with E-state index in [1.54, 1.807) is 0 Å². The van der Waals surface area contributed by atoms with Gasteiger partial charge >= 0.3 is 0 Å². The van der Waals surface area contributed by atoms with Crippen LogP contribution in [-0.2, 0) is 0 Å². The molecule has 2 unspecified atom stereocenters. The van der Waals surface area contributed by atoms with Gasteiger partial charge in [-0.3, -0.25) is 0 Å². The summed E-state index contributed by atoms with van der Waals surface area (Å²) in [7, 11) is 0. The number of hydrogen-bond donors (Lipinski definition) is 3. The zero-order valence-electron chi connectivity index (χ0n) is 11.6. The van der Waals surface area contributed by atoms with Gasteiger partial charge < -0.3 is 21.2 Å². The summed E-state index contributed by atoms with van der Waals surface area (Å²) in [6.45, 7) is 11.8. The highest BCUT2D eigenvalue weighted by atomic mass is 16.4. The van der Waals surface area contributed by atoms with Gasteiger partial charge in [0.15, 0.2) is 0 Å². The maximum atomic E-state index is 8.56. The number of amidine groups is 1. The van der Waals surface area contributed by atoms with Crippen molar-refractivity contribution in [2.45, 2.75) is 52.6 Å². The normalized spacial score (nSPS) is 16.2. The molecule has 0 aromatic rings. The van der Waals surface area contributed by atoms with E-state index in [0.717, 1.165) is 26.1 Å². The van der Waals surface area contributed by atoms with Crippen LogP contribution in [0.3, 0.4) is 0 Å². The fraction of sp³-hybridized carbons (Fsp3) is 0.917. The third-order valence-corrected chi connectivity index (χ3v) is 3.02. The molecule has 0 aromatic carbocycles. The second-order valence-corrected chi connectivity index (χ2v) is 4.45. The molecule has 17 heavy (non-hydrogen) atoms. The second kappa shape index (κ2) is 9.24. The van der Waals surface area contributed by atoms with Crippen molar-refractivity contribution in [1.82, 2.24) is 10.2 Å². The van der Waals surface area contributed by atoms with Crippen LogP contribution in [0.15, 0.2) is 5.16 Å². The molecule has 5 nitrogen and oxygen atoms in total. The minimum absolute atomic E-state index is 0.275. The fourth-order valence-corrected chi connectivity index (χ4v) is 1.94. The van der Waals surface area contributed by atoms with Crippen molar-refractivity contribution in [3.05, 3.63) is 0 Å². The molecule has 102 valence electrons. The molecule has 0 fully saturated rings. The summed E-state index contributed by atoms with van der Waals surface area (Å²) in [6.07, 6.45) is 1.56. The maximum Gasteiger partial charge on any atom is 0.140 e. The Morgan fingerprint density at radius 3 is 2.35 bits per heavy atom. The van der Waals surface area contributed by atoms with Gasteiger partial charge in [0.25, 0.3) is 0 Å². The predicted octanol–water partition coefficient (Wildman–Crippen LogP) is 1.22. The Bertz CT molecular complexity index is 217. The Morgan fingerprint density at radius 2 is 1.94 bits per heavy atom. The van der Waals surface area contributed by atoms with Crippen LogP contribution in [0.25, 0.3) is 0 Å². The summed E-state index contributed by atoms with van der Waals surface area (Å²) in [4.78, 5) is 2.38. The van der Waals surface area contributed by atoms with E-state index in [2.05, 4.69) is 43.1 Å². The van der Waals surface area contributed by atoms with E-state index in [1.807, 2.05) is 0 Å². The molecule has 0 amide bonds. The number of nitrogens with two attached hydrogens (primary N) is 1. The number of oxime groups is 1. The van der Waals surface area contributed by atoms with E-state index in [0.29, 0.717) is 18.3 Å². The highest BCUT2D eigenvalue weighted by molar-refractivity contribution is 5.80. The van der Waals surface area contributed by atoms with Gasteiger partial charge in [0.1, 0.15) is 5.84 Å². The zero-order chi connectivity index (χ0) is 13.3. The smallest absolute Gasteiger partial charge is 0.140 e. The van der Waals surface area contributed by atoms with Crippen molar-refractivity contribution >= 4 is 5.84 Å². The Hall–Kier alpha value is -0.810. The minimum Gasteiger partial charge on any atom is -0.409 e. The zero-order valence-corrected chi connectivity index (χ0v) is 11.6. The highest BCUT2D eigenvalue weighted by Crippen LogP contribution is 2.01. The predicted molar refractivity (Wildman–Crippen MR) is 72.5 cm³/mol. The van der Waals surface area contributed by atoms with Crippen molar-refractivity contribution < 1.29 is 5.21 Å². The van der Waals surface area contributed by atoms with E-state index in [-0.39, 0.29) is 6.04 Å². The van der Waals surface area contributed by atoms with Crippen LogP contribution in [0.4, 0.5) is 0 Å². The van der Waals surface area contributed by atoms with Crippen molar-refractivity contribution in [1.29, 1.82) is 0 Å². The number of hydrogen-bond acceptors (Lipinski definition) is 4. The maximum absolute atomic E-state index is 8.56. The van der Waals surface area contributed by atoms with Crippen LogP contribution in [-0.4, -0.2) is 47.7 Å². The number of likely N-dealkylation sites (N-methyl/N-ethyl adjacent to an activating group) is 1. The summed E-state index contributed by atoms with van der Waals surface area (Å²) < 4.78 is 0. The fourth-order valence-electron chi connectivity index (χ4n) is 1.94. The quantitative estimate of drug-likeness (QED) is 0.247. The van der Waals surface area contributed by atoms with E-state index in [9.17, 15) is 0 Å². The molecule has 0 spiro atoms. The van der Waals surface area contributed by atoms with Crippen LogP contribution < -0.4 is 11.1 Å². The first-order chi connectivity index (χ1) is 8.07. The van der Waals surface area contributed by atoms with Gasteiger partial charge in [0.05, 0.1) is 0 Å². The van der Waals surface area contributed by atoms with E-state index in [4.69, 9.17) is 10.9 Å². The summed E-state index contributed by atoms with van der Waals surface area (Å²) in [5.41, 5.74) is 5.53. The molecule has 0 rings (SSSR count). The molecule has 0 heterocycles. The largest absolute Gasteiger partial charge is 0.409 e. The van der Waals surface area contributed by atoms with Crippen LogP contribution in [0, 0.1) is 0 Å². The van der Waals surface area contributed by atoms with E-state index >= 15 is 0 Å². The average molecular weight is 244 g/mol. The van der Waals surface area contributed by atoms with Gasteiger partial charge in [-0.1, -0.05) is 25.9 Å². The van der Waals surface area contributed by atoms with Gasteiger partial charge in [-0.2, -0.15) is 0 Å². The van der Waals surface area contributed by atoms with Gasteiger partial charge in [-0.15, -0.1) is 0 Å². The average Bonchev–Trinajstić information content (AvgIpc) is 2.34. The SMILES string of the molecule is CCC(CC(N)=NO)NC(C)CN(CC)CC. The lowest BCUT2D eigenvalue weighted by molar-refractivity contribution is 0.260. The van der Waals surface area contributed by atoms with Crippen LogP contribution in [0.1, 0.15) is 40.5 Å². The Morgan fingerprint density at radius 1 is 1.35 bits per heavy atom. The molecule has 0 aliphatic rings. The Balaban J connectivity index is 4.09. The summed E-state index contributed by atoms with van der Waals surface area (Å²) >= 11 is 0. The third-order valence-electron chi connectivity index (χ3n) is 3.02. The molecular weight excluding hydrogens is 216 g/mol. The summed E-state index contributed by atoms with van der Waals surface area (Å²) in [6, 6.07) is 0.683. The molecule has 2 atom stereocenters. The lowest BCUT2D eigenvalue weighted by Gasteiger charge is -2.27. The van der Waals surface area contributed by atoms with E-state index in [1.165, 1.54) is 0 Å². The summed E-state index contributed by atoms with van der Waals surface area (Å²) in [5.74, 6) is 0.291. The molecule has 5 heteroatoms. The molecule has 0 bridgehead atoms. The van der Waals surface area contributed by atoms with Crippen molar-refractivity contribution in [3.8, 4) is 0 Å². The monoisotopic (exact) mass is 244 g/mol. The van der Waals surface area contributed by atoms with Crippen molar-refractivity contribution in [2.24, 2.45) is 10.9 Å². The van der Waals surface area contributed by atoms with Crippen molar-refractivity contribution in [3.63, 3.8) is 0 Å². The van der Waals surface area contributed by atoms with Crippen LogP contribution in [0.5, 0.6) is 0 Å².